The topological polar surface area (TPSA) is 46.5 Å². The molecule has 1 rings (SSSR count). The number of hydrogen-bond acceptors (Lipinski definition) is 2. The zero-order chi connectivity index (χ0) is 13.1. The first kappa shape index (κ1) is 13.6. The van der Waals surface area contributed by atoms with Gasteiger partial charge in [-0.1, -0.05) is 31.5 Å². The summed E-state index contributed by atoms with van der Waals surface area (Å²) < 4.78 is 5.69. The Labute approximate surface area is 102 Å². The predicted molar refractivity (Wildman–Crippen MR) is 67.4 cm³/mol. The van der Waals surface area contributed by atoms with Crippen molar-refractivity contribution in [3.63, 3.8) is 0 Å². The largest absolute Gasteiger partial charge is 0.493 e. The molecule has 0 aliphatic rings. The summed E-state index contributed by atoms with van der Waals surface area (Å²) in [6.45, 7) is 8.22. The number of benzene rings is 1. The van der Waals surface area contributed by atoms with E-state index >= 15 is 0 Å². The second kappa shape index (κ2) is 5.21. The zero-order valence-corrected chi connectivity index (χ0v) is 10.9. The van der Waals surface area contributed by atoms with Crippen LogP contribution in [0.25, 0.3) is 0 Å². The molecule has 17 heavy (non-hydrogen) atoms. The maximum absolute atomic E-state index is 10.7. The summed E-state index contributed by atoms with van der Waals surface area (Å²) in [5, 5.41) is 8.78. The Morgan fingerprint density at radius 1 is 1.35 bits per heavy atom. The quantitative estimate of drug-likeness (QED) is 0.854. The van der Waals surface area contributed by atoms with Gasteiger partial charge in [-0.2, -0.15) is 0 Å². The van der Waals surface area contributed by atoms with Crippen LogP contribution in [0.2, 0.25) is 0 Å². The molecule has 1 aromatic rings. The minimum absolute atomic E-state index is 0.109. The maximum atomic E-state index is 10.7. The van der Waals surface area contributed by atoms with Crippen LogP contribution < -0.4 is 4.74 Å². The molecule has 0 aromatic heterocycles. The molecule has 0 spiro atoms. The number of carbonyl (C=O) groups is 1. The molecule has 3 heteroatoms. The van der Waals surface area contributed by atoms with E-state index in [1.54, 1.807) is 0 Å². The second-order valence-electron chi connectivity index (χ2n) is 5.29. The summed E-state index contributed by atoms with van der Waals surface area (Å²) in [7, 11) is 0. The van der Waals surface area contributed by atoms with Gasteiger partial charge in [-0.15, -0.1) is 0 Å². The molecular weight excluding hydrogens is 216 g/mol. The molecule has 0 saturated heterocycles. The van der Waals surface area contributed by atoms with E-state index in [-0.39, 0.29) is 11.8 Å². The van der Waals surface area contributed by atoms with Crippen LogP contribution in [0.5, 0.6) is 5.75 Å². The number of carboxylic acid groups (broad SMARTS) is 1. The molecule has 0 aliphatic carbocycles. The van der Waals surface area contributed by atoms with E-state index in [2.05, 4.69) is 6.07 Å². The first-order valence-corrected chi connectivity index (χ1v) is 5.72. The summed E-state index contributed by atoms with van der Waals surface area (Å²) in [5.41, 5.74) is 1.92. The number of aryl methyl sites for hydroxylation is 2. The Hall–Kier alpha value is -1.51. The van der Waals surface area contributed by atoms with Crippen LogP contribution in [0, 0.1) is 19.3 Å². The second-order valence-corrected chi connectivity index (χ2v) is 5.29. The lowest BCUT2D eigenvalue weighted by atomic mass is 9.90. The van der Waals surface area contributed by atoms with Crippen molar-refractivity contribution in [2.45, 2.75) is 34.1 Å². The fourth-order valence-electron chi connectivity index (χ4n) is 1.69. The van der Waals surface area contributed by atoms with E-state index in [9.17, 15) is 4.79 Å². The average molecular weight is 236 g/mol. The number of aliphatic carboxylic acids is 1. The lowest BCUT2D eigenvalue weighted by molar-refractivity contribution is -0.139. The first-order chi connectivity index (χ1) is 7.80. The van der Waals surface area contributed by atoms with Crippen LogP contribution >= 0.6 is 0 Å². The zero-order valence-electron chi connectivity index (χ0n) is 10.9. The Balaban J connectivity index is 2.64. The van der Waals surface area contributed by atoms with Crippen LogP contribution in [-0.4, -0.2) is 17.7 Å². The molecule has 1 aromatic carbocycles. The lowest BCUT2D eigenvalue weighted by Gasteiger charge is -2.23. The summed E-state index contributed by atoms with van der Waals surface area (Å²) in [6, 6.07) is 5.98. The molecule has 0 saturated carbocycles. The van der Waals surface area contributed by atoms with Crippen LogP contribution in [0.4, 0.5) is 0 Å². The molecule has 0 heterocycles. The summed E-state index contributed by atoms with van der Waals surface area (Å²) in [4.78, 5) is 10.7. The number of ether oxygens (including phenoxy) is 1. The van der Waals surface area contributed by atoms with Crippen molar-refractivity contribution >= 4 is 5.97 Å². The third-order valence-corrected chi connectivity index (χ3v) is 2.58. The smallest absolute Gasteiger partial charge is 0.304 e. The molecule has 0 unspecified atom stereocenters. The third-order valence-electron chi connectivity index (χ3n) is 2.58. The third kappa shape index (κ3) is 4.47. The Morgan fingerprint density at radius 2 is 2.00 bits per heavy atom. The van der Waals surface area contributed by atoms with Gasteiger partial charge in [0.1, 0.15) is 5.75 Å². The van der Waals surface area contributed by atoms with Crippen LogP contribution in [0.3, 0.4) is 0 Å². The van der Waals surface area contributed by atoms with Gasteiger partial charge >= 0.3 is 5.97 Å². The van der Waals surface area contributed by atoms with E-state index in [1.807, 2.05) is 39.8 Å². The molecule has 0 atom stereocenters. The molecule has 0 radical (unpaired) electrons. The maximum Gasteiger partial charge on any atom is 0.304 e. The molecular formula is C14H20O3. The van der Waals surface area contributed by atoms with Crippen LogP contribution in [0.1, 0.15) is 31.4 Å². The van der Waals surface area contributed by atoms with Crippen molar-refractivity contribution in [2.75, 3.05) is 6.61 Å². The molecule has 3 nitrogen and oxygen atoms in total. The predicted octanol–water partition coefficient (Wildman–Crippen LogP) is 3.18. The van der Waals surface area contributed by atoms with Gasteiger partial charge in [-0.05, 0) is 25.5 Å². The Kier molecular flexibility index (Phi) is 4.16. The standard InChI is InChI=1S/C14H20O3/c1-10-5-6-12(11(2)7-10)17-9-14(3,4)8-13(15)16/h5-7H,8-9H2,1-4H3,(H,15,16). The highest BCUT2D eigenvalue weighted by Crippen LogP contribution is 2.25. The Morgan fingerprint density at radius 3 is 2.53 bits per heavy atom. The molecule has 0 amide bonds. The lowest BCUT2D eigenvalue weighted by Crippen LogP contribution is -2.25. The molecule has 0 fully saturated rings. The fourth-order valence-corrected chi connectivity index (χ4v) is 1.69. The van der Waals surface area contributed by atoms with Crippen molar-refractivity contribution in [1.82, 2.24) is 0 Å². The monoisotopic (exact) mass is 236 g/mol. The highest BCUT2D eigenvalue weighted by molar-refractivity contribution is 5.67. The van der Waals surface area contributed by atoms with Gasteiger partial charge in [0.2, 0.25) is 0 Å². The van der Waals surface area contributed by atoms with Gasteiger partial charge in [-0.25, -0.2) is 0 Å². The van der Waals surface area contributed by atoms with Crippen LogP contribution in [-0.2, 0) is 4.79 Å². The van der Waals surface area contributed by atoms with E-state index in [0.29, 0.717) is 6.61 Å². The van der Waals surface area contributed by atoms with Gasteiger partial charge in [-0.3, -0.25) is 4.79 Å². The summed E-state index contributed by atoms with van der Waals surface area (Å²) >= 11 is 0. The van der Waals surface area contributed by atoms with Crippen LogP contribution in [0.15, 0.2) is 18.2 Å². The minimum Gasteiger partial charge on any atom is -0.493 e. The van der Waals surface area contributed by atoms with Gasteiger partial charge in [0.15, 0.2) is 0 Å². The van der Waals surface area contributed by atoms with Gasteiger partial charge in [0, 0.05) is 5.41 Å². The van der Waals surface area contributed by atoms with E-state index in [0.717, 1.165) is 11.3 Å². The average Bonchev–Trinajstić information content (AvgIpc) is 2.14. The summed E-state index contributed by atoms with van der Waals surface area (Å²) in [5.74, 6) is 0.0355. The van der Waals surface area contributed by atoms with Gasteiger partial charge in [0.05, 0.1) is 13.0 Å². The first-order valence-electron chi connectivity index (χ1n) is 5.72. The number of carboxylic acids is 1. The number of rotatable bonds is 5. The molecule has 0 bridgehead atoms. The highest BCUT2D eigenvalue weighted by Gasteiger charge is 2.23. The molecule has 1 N–H and O–H groups in total. The normalized spacial score (nSPS) is 11.3. The molecule has 0 aliphatic heterocycles. The molecule has 94 valence electrons. The van der Waals surface area contributed by atoms with Gasteiger partial charge < -0.3 is 9.84 Å². The summed E-state index contributed by atoms with van der Waals surface area (Å²) in [6.07, 6.45) is 0.109. The van der Waals surface area contributed by atoms with Crippen molar-refractivity contribution in [1.29, 1.82) is 0 Å². The van der Waals surface area contributed by atoms with E-state index in [4.69, 9.17) is 9.84 Å². The fraction of sp³-hybridized carbons (Fsp3) is 0.500. The van der Waals surface area contributed by atoms with E-state index in [1.165, 1.54) is 5.56 Å². The van der Waals surface area contributed by atoms with Crippen molar-refractivity contribution in [2.24, 2.45) is 5.41 Å². The van der Waals surface area contributed by atoms with Crippen molar-refractivity contribution in [3.05, 3.63) is 29.3 Å². The number of hydrogen-bond donors (Lipinski definition) is 1. The van der Waals surface area contributed by atoms with Crippen molar-refractivity contribution < 1.29 is 14.6 Å². The highest BCUT2D eigenvalue weighted by atomic mass is 16.5. The SMILES string of the molecule is Cc1ccc(OCC(C)(C)CC(=O)O)c(C)c1. The van der Waals surface area contributed by atoms with Gasteiger partial charge in [0.25, 0.3) is 0 Å². The van der Waals surface area contributed by atoms with E-state index < -0.39 is 5.97 Å². The minimum atomic E-state index is -0.792. The van der Waals surface area contributed by atoms with Crippen molar-refractivity contribution in [3.8, 4) is 5.75 Å². The Bertz CT molecular complexity index is 408.